The van der Waals surface area contributed by atoms with Gasteiger partial charge in [0.05, 0.1) is 7.05 Å². The van der Waals surface area contributed by atoms with Crippen LogP contribution in [0.4, 0.5) is 0 Å². The Morgan fingerprint density at radius 1 is 1.00 bits per heavy atom. The first kappa shape index (κ1) is 15.5. The Balaban J connectivity index is 1.93. The highest BCUT2D eigenvalue weighted by Crippen LogP contribution is 2.22. The standard InChI is InChI=1S/C20H21NO2/c1-14-9-10-18-17(11-19(22)23-20(18)15(14)2)13-21(3)12-16-7-5-4-6-8-16/h4-11H,12-13H2,1-3H3/p+1. The van der Waals surface area contributed by atoms with Gasteiger partial charge < -0.3 is 9.32 Å². The fourth-order valence-corrected chi connectivity index (χ4v) is 3.00. The molecule has 1 heterocycles. The summed E-state index contributed by atoms with van der Waals surface area (Å²) in [6.07, 6.45) is 0. The van der Waals surface area contributed by atoms with Gasteiger partial charge in [-0.25, -0.2) is 4.79 Å². The third kappa shape index (κ3) is 3.35. The maximum absolute atomic E-state index is 11.9. The SMILES string of the molecule is Cc1ccc2c(C[NH+](C)Cc3ccccc3)cc(=O)oc2c1C. The zero-order valence-electron chi connectivity index (χ0n) is 13.8. The molecule has 2 aromatic carbocycles. The minimum atomic E-state index is -0.270. The molecule has 0 amide bonds. The molecule has 0 bridgehead atoms. The van der Waals surface area contributed by atoms with E-state index in [-0.39, 0.29) is 5.63 Å². The van der Waals surface area contributed by atoms with Gasteiger partial charge in [0.25, 0.3) is 0 Å². The van der Waals surface area contributed by atoms with Gasteiger partial charge in [-0.2, -0.15) is 0 Å². The zero-order chi connectivity index (χ0) is 16.4. The van der Waals surface area contributed by atoms with E-state index in [1.54, 1.807) is 6.07 Å². The molecule has 3 heteroatoms. The fraction of sp³-hybridized carbons (Fsp3) is 0.250. The van der Waals surface area contributed by atoms with Crippen molar-refractivity contribution in [2.45, 2.75) is 26.9 Å². The highest BCUT2D eigenvalue weighted by Gasteiger charge is 2.13. The molecule has 1 aromatic heterocycles. The fourth-order valence-electron chi connectivity index (χ4n) is 3.00. The number of rotatable bonds is 4. The van der Waals surface area contributed by atoms with Crippen LogP contribution in [0.2, 0.25) is 0 Å². The lowest BCUT2D eigenvalue weighted by molar-refractivity contribution is -0.907. The molecular weight excluding hydrogens is 286 g/mol. The van der Waals surface area contributed by atoms with Crippen LogP contribution < -0.4 is 10.5 Å². The highest BCUT2D eigenvalue weighted by atomic mass is 16.4. The van der Waals surface area contributed by atoms with Gasteiger partial charge >= 0.3 is 5.63 Å². The van der Waals surface area contributed by atoms with E-state index in [0.29, 0.717) is 0 Å². The zero-order valence-corrected chi connectivity index (χ0v) is 13.8. The second-order valence-electron chi connectivity index (χ2n) is 6.27. The summed E-state index contributed by atoms with van der Waals surface area (Å²) in [7, 11) is 2.15. The summed E-state index contributed by atoms with van der Waals surface area (Å²) in [5.41, 5.74) is 4.98. The summed E-state index contributed by atoms with van der Waals surface area (Å²) in [6, 6.07) is 16.2. The van der Waals surface area contributed by atoms with Gasteiger partial charge in [-0.3, -0.25) is 0 Å². The first-order chi connectivity index (χ1) is 11.0. The van der Waals surface area contributed by atoms with Crippen molar-refractivity contribution in [2.75, 3.05) is 7.05 Å². The number of hydrogen-bond donors (Lipinski definition) is 1. The Hall–Kier alpha value is -2.39. The Morgan fingerprint density at radius 2 is 1.74 bits per heavy atom. The Morgan fingerprint density at radius 3 is 2.48 bits per heavy atom. The number of nitrogens with one attached hydrogen (secondary N) is 1. The summed E-state index contributed by atoms with van der Waals surface area (Å²) < 4.78 is 5.45. The van der Waals surface area contributed by atoms with E-state index >= 15 is 0 Å². The number of aryl methyl sites for hydroxylation is 2. The monoisotopic (exact) mass is 308 g/mol. The number of hydrogen-bond acceptors (Lipinski definition) is 2. The van der Waals surface area contributed by atoms with Crippen molar-refractivity contribution >= 4 is 11.0 Å². The van der Waals surface area contributed by atoms with Crippen molar-refractivity contribution in [3.05, 3.63) is 81.2 Å². The van der Waals surface area contributed by atoms with Crippen LogP contribution in [0, 0.1) is 13.8 Å². The molecule has 0 aliphatic carbocycles. The highest BCUT2D eigenvalue weighted by molar-refractivity contribution is 5.83. The van der Waals surface area contributed by atoms with E-state index in [1.807, 2.05) is 19.9 Å². The largest absolute Gasteiger partial charge is 0.422 e. The third-order valence-corrected chi connectivity index (χ3v) is 4.36. The minimum Gasteiger partial charge on any atom is -0.422 e. The van der Waals surface area contributed by atoms with Crippen LogP contribution in [0.15, 0.2) is 57.7 Å². The molecule has 3 rings (SSSR count). The van der Waals surface area contributed by atoms with E-state index in [9.17, 15) is 4.79 Å². The predicted octanol–water partition coefficient (Wildman–Crippen LogP) is 2.62. The van der Waals surface area contributed by atoms with Crippen molar-refractivity contribution in [3.63, 3.8) is 0 Å². The third-order valence-electron chi connectivity index (χ3n) is 4.36. The van der Waals surface area contributed by atoms with Crippen molar-refractivity contribution in [1.29, 1.82) is 0 Å². The van der Waals surface area contributed by atoms with E-state index in [2.05, 4.69) is 43.4 Å². The van der Waals surface area contributed by atoms with Gasteiger partial charge in [0, 0.05) is 22.6 Å². The van der Waals surface area contributed by atoms with Gasteiger partial charge in [-0.15, -0.1) is 0 Å². The molecule has 0 radical (unpaired) electrons. The lowest BCUT2D eigenvalue weighted by Gasteiger charge is -2.15. The lowest BCUT2D eigenvalue weighted by Crippen LogP contribution is -3.06. The van der Waals surface area contributed by atoms with Crippen LogP contribution in [0.25, 0.3) is 11.0 Å². The van der Waals surface area contributed by atoms with Crippen molar-refractivity contribution in [1.82, 2.24) is 0 Å². The Labute approximate surface area is 136 Å². The topological polar surface area (TPSA) is 34.7 Å². The van der Waals surface area contributed by atoms with E-state index in [1.165, 1.54) is 10.5 Å². The van der Waals surface area contributed by atoms with Crippen molar-refractivity contribution in [3.8, 4) is 0 Å². The second-order valence-corrected chi connectivity index (χ2v) is 6.27. The molecule has 0 aliphatic rings. The molecular formula is C20H22NO2+. The molecule has 0 saturated heterocycles. The molecule has 1 unspecified atom stereocenters. The first-order valence-corrected chi connectivity index (χ1v) is 7.93. The van der Waals surface area contributed by atoms with Gasteiger partial charge in [0.1, 0.15) is 18.7 Å². The molecule has 0 spiro atoms. The number of fused-ring (bicyclic) bond motifs is 1. The second kappa shape index (κ2) is 6.39. The first-order valence-electron chi connectivity index (χ1n) is 7.93. The van der Waals surface area contributed by atoms with Crippen LogP contribution >= 0.6 is 0 Å². The van der Waals surface area contributed by atoms with Crippen molar-refractivity contribution in [2.24, 2.45) is 0 Å². The molecule has 1 N–H and O–H groups in total. The van der Waals surface area contributed by atoms with E-state index in [4.69, 9.17) is 4.42 Å². The lowest BCUT2D eigenvalue weighted by atomic mass is 10.0. The molecule has 23 heavy (non-hydrogen) atoms. The molecule has 0 fully saturated rings. The predicted molar refractivity (Wildman–Crippen MR) is 92.7 cm³/mol. The summed E-state index contributed by atoms with van der Waals surface area (Å²) in [5.74, 6) is 0. The van der Waals surface area contributed by atoms with Gasteiger partial charge in [0.2, 0.25) is 0 Å². The van der Waals surface area contributed by atoms with E-state index in [0.717, 1.165) is 40.7 Å². The molecule has 118 valence electrons. The Kier molecular flexibility index (Phi) is 4.30. The average molecular weight is 308 g/mol. The van der Waals surface area contributed by atoms with Gasteiger partial charge in [-0.05, 0) is 25.0 Å². The maximum atomic E-state index is 11.9. The average Bonchev–Trinajstić information content (AvgIpc) is 2.52. The summed E-state index contributed by atoms with van der Waals surface area (Å²) in [5, 5.41) is 1.04. The summed E-state index contributed by atoms with van der Waals surface area (Å²) >= 11 is 0. The minimum absolute atomic E-state index is 0.270. The van der Waals surface area contributed by atoms with Crippen LogP contribution in [0.3, 0.4) is 0 Å². The molecule has 1 atom stereocenters. The molecule has 0 saturated carbocycles. The quantitative estimate of drug-likeness (QED) is 0.752. The van der Waals surface area contributed by atoms with Crippen LogP contribution in [-0.2, 0) is 13.1 Å². The Bertz CT molecular complexity index is 881. The summed E-state index contributed by atoms with van der Waals surface area (Å²) in [6.45, 7) is 5.76. The van der Waals surface area contributed by atoms with Crippen LogP contribution in [0.1, 0.15) is 22.3 Å². The molecule has 0 aliphatic heterocycles. The van der Waals surface area contributed by atoms with Crippen LogP contribution in [0.5, 0.6) is 0 Å². The number of benzene rings is 2. The number of quaternary nitrogens is 1. The molecule has 3 nitrogen and oxygen atoms in total. The molecule has 3 aromatic rings. The van der Waals surface area contributed by atoms with Gasteiger partial charge in [0.15, 0.2) is 0 Å². The van der Waals surface area contributed by atoms with Crippen molar-refractivity contribution < 1.29 is 9.32 Å². The normalized spacial score (nSPS) is 12.5. The van der Waals surface area contributed by atoms with E-state index < -0.39 is 0 Å². The summed E-state index contributed by atoms with van der Waals surface area (Å²) in [4.78, 5) is 13.3. The van der Waals surface area contributed by atoms with Crippen LogP contribution in [-0.4, -0.2) is 7.05 Å². The maximum Gasteiger partial charge on any atom is 0.336 e. The van der Waals surface area contributed by atoms with Gasteiger partial charge in [-0.1, -0.05) is 42.5 Å². The smallest absolute Gasteiger partial charge is 0.336 e.